The van der Waals surface area contributed by atoms with Gasteiger partial charge >= 0.3 is 5.51 Å². The Kier molecular flexibility index (Phi) is 3.17. The molecule has 1 unspecified atom stereocenters. The summed E-state index contributed by atoms with van der Waals surface area (Å²) in [4.78, 5) is -0.0825. The summed E-state index contributed by atoms with van der Waals surface area (Å²) in [6.45, 7) is 0. The van der Waals surface area contributed by atoms with Gasteiger partial charge in [0.1, 0.15) is 0 Å². The zero-order valence-corrected chi connectivity index (χ0v) is 9.20. The van der Waals surface area contributed by atoms with Crippen LogP contribution in [0.1, 0.15) is 24.0 Å². The molecule has 1 aliphatic carbocycles. The van der Waals surface area contributed by atoms with E-state index in [4.69, 9.17) is 0 Å². The van der Waals surface area contributed by atoms with Crippen LogP contribution in [0.15, 0.2) is 23.1 Å². The van der Waals surface area contributed by atoms with E-state index in [1.54, 1.807) is 6.07 Å². The van der Waals surface area contributed by atoms with Gasteiger partial charge in [0.15, 0.2) is 4.90 Å². The first-order valence-electron chi connectivity index (χ1n) is 4.94. The van der Waals surface area contributed by atoms with Crippen molar-refractivity contribution in [3.8, 4) is 0 Å². The van der Waals surface area contributed by atoms with Crippen LogP contribution in [0.4, 0.5) is 13.2 Å². The Morgan fingerprint density at radius 1 is 1.25 bits per heavy atom. The molecule has 0 spiro atoms. The Morgan fingerprint density at radius 2 is 2.00 bits per heavy atom. The van der Waals surface area contributed by atoms with E-state index in [0.717, 1.165) is 18.4 Å². The van der Waals surface area contributed by atoms with Gasteiger partial charge in [0, 0.05) is 5.56 Å². The highest BCUT2D eigenvalue weighted by molar-refractivity contribution is 7.92. The van der Waals surface area contributed by atoms with E-state index >= 15 is 0 Å². The maximum Gasteiger partial charge on any atom is 0.578 e. The number of alkyl halides is 3. The molecule has 0 saturated heterocycles. The van der Waals surface area contributed by atoms with Gasteiger partial charge in [-0.05, 0) is 37.3 Å². The topological polar surface area (TPSA) is 23.1 Å². The fourth-order valence-corrected chi connectivity index (χ4v) is 2.77. The molecule has 5 heteroatoms. The molecule has 1 radical (unpaired) electrons. The normalized spacial score (nSPS) is 18.0. The standard InChI is InChI=1S/C11H10F3OS/c12-11(13,14)16(15)10-7-3-5-8-4-1-2-6-9(8)10/h3-5,7H,1-2,6H2. The van der Waals surface area contributed by atoms with Crippen LogP contribution >= 0.6 is 0 Å². The highest BCUT2D eigenvalue weighted by atomic mass is 32.2. The molecule has 0 amide bonds. The second kappa shape index (κ2) is 4.30. The summed E-state index contributed by atoms with van der Waals surface area (Å²) in [6.07, 6.45) is 4.16. The first-order valence-corrected chi connectivity index (χ1v) is 6.09. The van der Waals surface area contributed by atoms with Gasteiger partial charge in [-0.1, -0.05) is 12.1 Å². The van der Waals surface area contributed by atoms with E-state index in [1.165, 1.54) is 12.1 Å². The van der Waals surface area contributed by atoms with Gasteiger partial charge in [-0.15, -0.1) is 13.2 Å². The summed E-state index contributed by atoms with van der Waals surface area (Å²) >= 11 is -2.91. The predicted octanol–water partition coefficient (Wildman–Crippen LogP) is 3.20. The monoisotopic (exact) mass is 247 g/mol. The summed E-state index contributed by atoms with van der Waals surface area (Å²) in [5.74, 6) is 0. The van der Waals surface area contributed by atoms with Gasteiger partial charge in [-0.2, -0.15) is 0 Å². The van der Waals surface area contributed by atoms with Crippen LogP contribution in [0.5, 0.6) is 0 Å². The van der Waals surface area contributed by atoms with Crippen molar-refractivity contribution in [1.82, 2.24) is 0 Å². The number of fused-ring (bicyclic) bond motifs is 1. The van der Waals surface area contributed by atoms with E-state index < -0.39 is 16.7 Å². The summed E-state index contributed by atoms with van der Waals surface area (Å²) in [6, 6.07) is 4.60. The number of rotatable bonds is 1. The van der Waals surface area contributed by atoms with E-state index in [0.29, 0.717) is 12.0 Å². The van der Waals surface area contributed by atoms with E-state index in [-0.39, 0.29) is 4.90 Å². The van der Waals surface area contributed by atoms with Gasteiger partial charge < -0.3 is 4.55 Å². The van der Waals surface area contributed by atoms with Crippen LogP contribution in [-0.4, -0.2) is 10.1 Å². The molecule has 87 valence electrons. The molecule has 0 saturated carbocycles. The lowest BCUT2D eigenvalue weighted by Gasteiger charge is -2.20. The Bertz CT molecular complexity index is 389. The third-order valence-electron chi connectivity index (χ3n) is 2.57. The van der Waals surface area contributed by atoms with Crippen molar-refractivity contribution in [2.45, 2.75) is 29.7 Å². The van der Waals surface area contributed by atoms with Crippen molar-refractivity contribution in [1.29, 1.82) is 0 Å². The molecule has 0 bridgehead atoms. The molecule has 0 N–H and O–H groups in total. The smallest absolute Gasteiger partial charge is 0.578 e. The highest BCUT2D eigenvalue weighted by Gasteiger charge is 2.47. The Labute approximate surface area is 94.8 Å². The van der Waals surface area contributed by atoms with Gasteiger partial charge in [-0.25, -0.2) is 0 Å². The predicted molar refractivity (Wildman–Crippen MR) is 55.2 cm³/mol. The van der Waals surface area contributed by atoms with E-state index in [2.05, 4.69) is 0 Å². The number of halogens is 3. The summed E-state index contributed by atoms with van der Waals surface area (Å²) in [5, 5.41) is 0. The highest BCUT2D eigenvalue weighted by Crippen LogP contribution is 2.35. The summed E-state index contributed by atoms with van der Waals surface area (Å²) in [7, 11) is 0. The Balaban J connectivity index is 2.41. The van der Waals surface area contributed by atoms with E-state index in [1.807, 2.05) is 6.42 Å². The lowest BCUT2D eigenvalue weighted by Crippen LogP contribution is -2.25. The van der Waals surface area contributed by atoms with Crippen LogP contribution in [0, 0.1) is 6.42 Å². The maximum absolute atomic E-state index is 12.4. The second-order valence-corrected chi connectivity index (χ2v) is 5.07. The van der Waals surface area contributed by atoms with Crippen LogP contribution < -0.4 is 0 Å². The Morgan fingerprint density at radius 3 is 2.69 bits per heavy atom. The molecule has 0 aromatic heterocycles. The maximum atomic E-state index is 12.4. The molecule has 1 aromatic carbocycles. The largest absolute Gasteiger partial charge is 0.604 e. The molecular formula is C11H10F3OS. The molecule has 0 aliphatic heterocycles. The molecule has 1 aliphatic rings. The van der Waals surface area contributed by atoms with Gasteiger partial charge in [0.2, 0.25) is 0 Å². The minimum Gasteiger partial charge on any atom is -0.604 e. The summed E-state index contributed by atoms with van der Waals surface area (Å²) in [5.41, 5.74) is -3.29. The first kappa shape index (κ1) is 11.8. The Hall–Kier alpha value is -0.680. The fourth-order valence-electron chi connectivity index (χ4n) is 1.88. The SMILES string of the molecule is [O-][S+](c1cccc2c1CCC[CH]2)C(F)(F)F. The molecule has 1 nitrogen and oxygen atoms in total. The molecule has 1 aromatic rings. The molecule has 0 fully saturated rings. The van der Waals surface area contributed by atoms with Crippen LogP contribution in [0.25, 0.3) is 0 Å². The second-order valence-electron chi connectivity index (χ2n) is 3.63. The summed E-state index contributed by atoms with van der Waals surface area (Å²) < 4.78 is 48.5. The van der Waals surface area contributed by atoms with Crippen molar-refractivity contribution in [2.24, 2.45) is 0 Å². The third kappa shape index (κ3) is 2.20. The van der Waals surface area contributed by atoms with Crippen LogP contribution in [-0.2, 0) is 17.6 Å². The third-order valence-corrected chi connectivity index (χ3v) is 3.78. The molecule has 1 atom stereocenters. The molecule has 0 heterocycles. The number of hydrogen-bond donors (Lipinski definition) is 0. The number of hydrogen-bond acceptors (Lipinski definition) is 1. The van der Waals surface area contributed by atoms with Crippen molar-refractivity contribution in [3.63, 3.8) is 0 Å². The lowest BCUT2D eigenvalue weighted by atomic mass is 9.92. The molecular weight excluding hydrogens is 237 g/mol. The van der Waals surface area contributed by atoms with Crippen molar-refractivity contribution in [3.05, 3.63) is 35.7 Å². The number of benzene rings is 1. The van der Waals surface area contributed by atoms with E-state index in [9.17, 15) is 17.7 Å². The van der Waals surface area contributed by atoms with Crippen molar-refractivity contribution in [2.75, 3.05) is 0 Å². The van der Waals surface area contributed by atoms with Crippen molar-refractivity contribution < 1.29 is 17.7 Å². The lowest BCUT2D eigenvalue weighted by molar-refractivity contribution is -0.0435. The average molecular weight is 247 g/mol. The van der Waals surface area contributed by atoms with Gasteiger partial charge in [0.05, 0.1) is 11.2 Å². The van der Waals surface area contributed by atoms with Gasteiger partial charge in [0.25, 0.3) is 0 Å². The zero-order valence-electron chi connectivity index (χ0n) is 8.38. The fraction of sp³-hybridized carbons (Fsp3) is 0.364. The van der Waals surface area contributed by atoms with Gasteiger partial charge in [-0.3, -0.25) is 0 Å². The van der Waals surface area contributed by atoms with Crippen LogP contribution in [0.2, 0.25) is 0 Å². The van der Waals surface area contributed by atoms with Crippen LogP contribution in [0.3, 0.4) is 0 Å². The minimum atomic E-state index is -4.67. The minimum absolute atomic E-state index is 0.0825. The van der Waals surface area contributed by atoms with Crippen molar-refractivity contribution >= 4 is 11.2 Å². The molecule has 16 heavy (non-hydrogen) atoms. The molecule has 2 rings (SSSR count). The average Bonchev–Trinajstić information content (AvgIpc) is 2.26. The quantitative estimate of drug-likeness (QED) is 0.699. The zero-order chi connectivity index (χ0) is 11.8. The first-order chi connectivity index (χ1) is 7.50.